The second-order valence-corrected chi connectivity index (χ2v) is 5.85. The van der Waals surface area contributed by atoms with Gasteiger partial charge in [0.25, 0.3) is 5.91 Å². The van der Waals surface area contributed by atoms with Crippen molar-refractivity contribution in [2.45, 2.75) is 25.0 Å². The third-order valence-corrected chi connectivity index (χ3v) is 4.03. The zero-order valence-electron chi connectivity index (χ0n) is 11.6. The molecule has 2 N–H and O–H groups in total. The maximum absolute atomic E-state index is 11.7. The molecule has 2 rings (SSSR count). The highest BCUT2D eigenvalue weighted by Gasteiger charge is 2.39. The number of rotatable bonds is 5. The highest BCUT2D eigenvalue weighted by molar-refractivity contribution is 6.35. The lowest BCUT2D eigenvalue weighted by molar-refractivity contribution is -0.124. The van der Waals surface area contributed by atoms with Crippen molar-refractivity contribution in [3.63, 3.8) is 0 Å². The Morgan fingerprint density at radius 2 is 2.33 bits per heavy atom. The average molecular weight is 334 g/mol. The van der Waals surface area contributed by atoms with Crippen LogP contribution in [0.3, 0.4) is 0 Å². The van der Waals surface area contributed by atoms with Crippen molar-refractivity contribution < 1.29 is 19.4 Å². The summed E-state index contributed by atoms with van der Waals surface area (Å²) in [5, 5.41) is 13.7. The molecule has 1 saturated heterocycles. The molecule has 2 unspecified atom stereocenters. The molecule has 1 amide bonds. The molecule has 0 bridgehead atoms. The molecule has 0 aromatic heterocycles. The Balaban J connectivity index is 1.80. The van der Waals surface area contributed by atoms with E-state index in [2.05, 4.69) is 5.32 Å². The van der Waals surface area contributed by atoms with Gasteiger partial charge in [-0.15, -0.1) is 0 Å². The van der Waals surface area contributed by atoms with Gasteiger partial charge in [-0.2, -0.15) is 0 Å². The van der Waals surface area contributed by atoms with E-state index < -0.39 is 5.60 Å². The first kappa shape index (κ1) is 16.4. The van der Waals surface area contributed by atoms with Crippen molar-refractivity contribution in [2.24, 2.45) is 0 Å². The van der Waals surface area contributed by atoms with Crippen LogP contribution < -0.4 is 10.1 Å². The van der Waals surface area contributed by atoms with Crippen molar-refractivity contribution >= 4 is 29.1 Å². The smallest absolute Gasteiger partial charge is 0.258 e. The minimum atomic E-state index is -1.02. The van der Waals surface area contributed by atoms with Crippen LogP contribution in [0.15, 0.2) is 18.2 Å². The molecule has 7 heteroatoms. The summed E-state index contributed by atoms with van der Waals surface area (Å²) < 4.78 is 10.6. The van der Waals surface area contributed by atoms with Gasteiger partial charge in [-0.1, -0.05) is 23.2 Å². The molecular formula is C14H17Cl2NO4. The van der Waals surface area contributed by atoms with Crippen molar-refractivity contribution in [1.29, 1.82) is 0 Å². The molecular weight excluding hydrogens is 317 g/mol. The number of carbonyl (C=O) groups is 1. The molecule has 116 valence electrons. The lowest BCUT2D eigenvalue weighted by atomic mass is 9.97. The number of benzene rings is 1. The van der Waals surface area contributed by atoms with E-state index in [1.165, 1.54) is 6.07 Å². The molecule has 0 aliphatic carbocycles. The average Bonchev–Trinajstić information content (AvgIpc) is 2.76. The van der Waals surface area contributed by atoms with Crippen molar-refractivity contribution in [3.8, 4) is 5.75 Å². The van der Waals surface area contributed by atoms with Crippen LogP contribution in [0.25, 0.3) is 0 Å². The van der Waals surface area contributed by atoms with Gasteiger partial charge < -0.3 is 19.9 Å². The SMILES string of the molecule is CC1OCCC1(O)CNC(=O)COc1ccc(Cl)cc1Cl. The zero-order valence-corrected chi connectivity index (χ0v) is 13.1. The molecule has 1 aliphatic rings. The van der Waals surface area contributed by atoms with E-state index in [1.54, 1.807) is 19.1 Å². The van der Waals surface area contributed by atoms with Crippen LogP contribution >= 0.6 is 23.2 Å². The Hall–Kier alpha value is -1.01. The Bertz CT molecular complexity index is 526. The van der Waals surface area contributed by atoms with Crippen LogP contribution in [0.4, 0.5) is 0 Å². The van der Waals surface area contributed by atoms with E-state index in [9.17, 15) is 9.90 Å². The predicted octanol–water partition coefficient (Wildman–Crippen LogP) is 2.03. The van der Waals surface area contributed by atoms with Gasteiger partial charge in [0.1, 0.15) is 11.4 Å². The summed E-state index contributed by atoms with van der Waals surface area (Å²) in [5.41, 5.74) is -1.02. The van der Waals surface area contributed by atoms with Crippen molar-refractivity contribution in [2.75, 3.05) is 19.8 Å². The molecule has 1 aliphatic heterocycles. The Morgan fingerprint density at radius 3 is 2.95 bits per heavy atom. The predicted molar refractivity (Wildman–Crippen MR) is 79.9 cm³/mol. The molecule has 5 nitrogen and oxygen atoms in total. The van der Waals surface area contributed by atoms with E-state index in [-0.39, 0.29) is 25.2 Å². The summed E-state index contributed by atoms with van der Waals surface area (Å²) in [7, 11) is 0. The lowest BCUT2D eigenvalue weighted by Crippen LogP contribution is -2.48. The highest BCUT2D eigenvalue weighted by atomic mass is 35.5. The standard InChI is InChI=1S/C14H17Cl2NO4/c1-9-14(19,4-5-20-9)8-17-13(18)7-21-12-3-2-10(15)6-11(12)16/h2-3,6,9,19H,4-5,7-8H2,1H3,(H,17,18). The fourth-order valence-corrected chi connectivity index (χ4v) is 2.50. The van der Waals surface area contributed by atoms with Crippen LogP contribution in [0, 0.1) is 0 Å². The van der Waals surface area contributed by atoms with Gasteiger partial charge in [0, 0.05) is 24.6 Å². The molecule has 2 atom stereocenters. The van der Waals surface area contributed by atoms with Crippen LogP contribution in [0.1, 0.15) is 13.3 Å². The molecule has 21 heavy (non-hydrogen) atoms. The third-order valence-electron chi connectivity index (χ3n) is 3.50. The number of hydrogen-bond acceptors (Lipinski definition) is 4. The number of halogens is 2. The molecule has 0 radical (unpaired) electrons. The second-order valence-electron chi connectivity index (χ2n) is 5.01. The number of hydrogen-bond donors (Lipinski definition) is 2. The maximum Gasteiger partial charge on any atom is 0.258 e. The van der Waals surface area contributed by atoms with Gasteiger partial charge in [0.05, 0.1) is 11.1 Å². The van der Waals surface area contributed by atoms with Crippen LogP contribution in [-0.4, -0.2) is 42.5 Å². The first-order chi connectivity index (χ1) is 9.90. The molecule has 1 aromatic rings. The summed E-state index contributed by atoms with van der Waals surface area (Å²) in [6, 6.07) is 4.76. The monoisotopic (exact) mass is 333 g/mol. The van der Waals surface area contributed by atoms with Crippen molar-refractivity contribution in [1.82, 2.24) is 5.32 Å². The Morgan fingerprint density at radius 1 is 1.57 bits per heavy atom. The Labute approximate surface area is 133 Å². The highest BCUT2D eigenvalue weighted by Crippen LogP contribution is 2.27. The van der Waals surface area contributed by atoms with E-state index in [0.29, 0.717) is 28.8 Å². The first-order valence-electron chi connectivity index (χ1n) is 6.59. The fraction of sp³-hybridized carbons (Fsp3) is 0.500. The minimum absolute atomic E-state index is 0.130. The van der Waals surface area contributed by atoms with Gasteiger partial charge in [-0.3, -0.25) is 4.79 Å². The number of carbonyl (C=O) groups excluding carboxylic acids is 1. The van der Waals surface area contributed by atoms with Crippen LogP contribution in [0.5, 0.6) is 5.75 Å². The number of amides is 1. The van der Waals surface area contributed by atoms with Crippen molar-refractivity contribution in [3.05, 3.63) is 28.2 Å². The molecule has 1 fully saturated rings. The van der Waals surface area contributed by atoms with E-state index in [1.807, 2.05) is 0 Å². The number of ether oxygens (including phenoxy) is 2. The van der Waals surface area contributed by atoms with Gasteiger partial charge >= 0.3 is 0 Å². The van der Waals surface area contributed by atoms with E-state index in [0.717, 1.165) is 0 Å². The first-order valence-corrected chi connectivity index (χ1v) is 7.35. The van der Waals surface area contributed by atoms with Gasteiger partial charge in [-0.25, -0.2) is 0 Å². The lowest BCUT2D eigenvalue weighted by Gasteiger charge is -2.26. The molecule has 1 aromatic carbocycles. The van der Waals surface area contributed by atoms with Crippen LogP contribution in [0.2, 0.25) is 10.0 Å². The van der Waals surface area contributed by atoms with Crippen LogP contribution in [-0.2, 0) is 9.53 Å². The quantitative estimate of drug-likeness (QED) is 0.865. The zero-order chi connectivity index (χ0) is 15.5. The van der Waals surface area contributed by atoms with E-state index >= 15 is 0 Å². The fourth-order valence-electron chi connectivity index (χ4n) is 2.04. The van der Waals surface area contributed by atoms with E-state index in [4.69, 9.17) is 32.7 Å². The van der Waals surface area contributed by atoms with Gasteiger partial charge in [0.15, 0.2) is 6.61 Å². The number of aliphatic hydroxyl groups is 1. The molecule has 1 heterocycles. The maximum atomic E-state index is 11.7. The normalized spacial score (nSPS) is 24.9. The third kappa shape index (κ3) is 4.23. The molecule has 0 spiro atoms. The van der Waals surface area contributed by atoms with Gasteiger partial charge in [0.2, 0.25) is 0 Å². The summed E-state index contributed by atoms with van der Waals surface area (Å²) in [5.74, 6) is 0.0426. The molecule has 0 saturated carbocycles. The van der Waals surface area contributed by atoms with Gasteiger partial charge in [-0.05, 0) is 25.1 Å². The summed E-state index contributed by atoms with van der Waals surface area (Å²) in [6.45, 7) is 2.21. The Kier molecular flexibility index (Phi) is 5.32. The summed E-state index contributed by atoms with van der Waals surface area (Å²) >= 11 is 11.7. The number of nitrogens with one attached hydrogen (secondary N) is 1. The minimum Gasteiger partial charge on any atom is -0.482 e. The largest absolute Gasteiger partial charge is 0.482 e. The summed E-state index contributed by atoms with van der Waals surface area (Å²) in [4.78, 5) is 11.7. The summed E-state index contributed by atoms with van der Waals surface area (Å²) in [6.07, 6.45) is 0.197. The topological polar surface area (TPSA) is 67.8 Å². The second kappa shape index (κ2) is 6.83.